The molecule has 0 saturated heterocycles. The Bertz CT molecular complexity index is 319. The summed E-state index contributed by atoms with van der Waals surface area (Å²) in [6, 6.07) is 0. The van der Waals surface area contributed by atoms with Crippen molar-refractivity contribution in [1.82, 2.24) is 0 Å². The van der Waals surface area contributed by atoms with Gasteiger partial charge in [0, 0.05) is 0 Å². The summed E-state index contributed by atoms with van der Waals surface area (Å²) in [5.41, 5.74) is 1.56. The number of carbonyl (C=O) groups excluding carboxylic acids is 1. The van der Waals surface area contributed by atoms with Crippen LogP contribution < -0.4 is 0 Å². The predicted octanol–water partition coefficient (Wildman–Crippen LogP) is 3.57. The van der Waals surface area contributed by atoms with Crippen molar-refractivity contribution >= 4 is 5.97 Å². The maximum Gasteiger partial charge on any atom is 0.308 e. The van der Waals surface area contributed by atoms with Crippen molar-refractivity contribution in [1.29, 1.82) is 0 Å². The summed E-state index contributed by atoms with van der Waals surface area (Å²) in [4.78, 5) is 11.7. The molecule has 2 heteroatoms. The number of methoxy groups -OCH3 is 1. The smallest absolute Gasteiger partial charge is 0.308 e. The summed E-state index contributed by atoms with van der Waals surface area (Å²) in [5, 5.41) is 0. The van der Waals surface area contributed by atoms with Gasteiger partial charge < -0.3 is 4.74 Å². The normalized spacial score (nSPS) is 34.5. The van der Waals surface area contributed by atoms with Crippen LogP contribution >= 0.6 is 0 Å². The molecule has 4 unspecified atom stereocenters. The summed E-state index contributed by atoms with van der Waals surface area (Å²) < 4.78 is 4.91. The predicted molar refractivity (Wildman–Crippen MR) is 68.5 cm³/mol. The van der Waals surface area contributed by atoms with Gasteiger partial charge in [-0.25, -0.2) is 0 Å². The Labute approximate surface area is 104 Å². The quantitative estimate of drug-likeness (QED) is 0.541. The monoisotopic (exact) mass is 236 g/mol. The molecule has 0 radical (unpaired) electrons. The second-order valence-electron chi connectivity index (χ2n) is 5.77. The number of ether oxygens (including phenoxy) is 1. The number of hydrogen-bond acceptors (Lipinski definition) is 2. The molecule has 0 aromatic carbocycles. The molecule has 96 valence electrons. The molecule has 1 saturated carbocycles. The van der Waals surface area contributed by atoms with E-state index in [0.29, 0.717) is 11.8 Å². The summed E-state index contributed by atoms with van der Waals surface area (Å²) in [6.45, 7) is 4.32. The van der Waals surface area contributed by atoms with Gasteiger partial charge in [0.05, 0.1) is 13.0 Å². The molecule has 0 bridgehead atoms. The highest BCUT2D eigenvalue weighted by Crippen LogP contribution is 2.44. The lowest BCUT2D eigenvalue weighted by Gasteiger charge is -2.38. The van der Waals surface area contributed by atoms with E-state index in [1.54, 1.807) is 5.57 Å². The van der Waals surface area contributed by atoms with Crippen LogP contribution in [0.4, 0.5) is 0 Å². The number of rotatable bonds is 2. The van der Waals surface area contributed by atoms with Crippen LogP contribution in [0.1, 0.15) is 46.0 Å². The van der Waals surface area contributed by atoms with Crippen LogP contribution in [0.3, 0.4) is 0 Å². The lowest BCUT2D eigenvalue weighted by molar-refractivity contribution is -0.146. The van der Waals surface area contributed by atoms with Crippen molar-refractivity contribution in [3.05, 3.63) is 11.6 Å². The van der Waals surface area contributed by atoms with Crippen LogP contribution in [0.25, 0.3) is 0 Å². The third-order valence-electron chi connectivity index (χ3n) is 4.59. The minimum absolute atomic E-state index is 0.0272. The van der Waals surface area contributed by atoms with Crippen molar-refractivity contribution in [2.45, 2.75) is 46.0 Å². The van der Waals surface area contributed by atoms with Gasteiger partial charge in [-0.2, -0.15) is 0 Å². The molecule has 4 atom stereocenters. The van der Waals surface area contributed by atoms with Crippen molar-refractivity contribution in [3.63, 3.8) is 0 Å². The molecule has 0 spiro atoms. The standard InChI is InChI=1S/C15H24O2/c1-10-7-8-12-5-4-6-13(14(12)9-10)11(2)15(16)17-3/h9-13H,4-8H2,1-3H3. The van der Waals surface area contributed by atoms with Gasteiger partial charge in [0.25, 0.3) is 0 Å². The Balaban J connectivity index is 2.18. The van der Waals surface area contributed by atoms with E-state index in [2.05, 4.69) is 13.0 Å². The zero-order valence-corrected chi connectivity index (χ0v) is 11.2. The molecule has 1 fully saturated rings. The summed E-state index contributed by atoms with van der Waals surface area (Å²) >= 11 is 0. The van der Waals surface area contributed by atoms with E-state index in [4.69, 9.17) is 4.74 Å². The fraction of sp³-hybridized carbons (Fsp3) is 0.800. The van der Waals surface area contributed by atoms with E-state index in [9.17, 15) is 4.79 Å². The zero-order valence-electron chi connectivity index (χ0n) is 11.2. The average molecular weight is 236 g/mol. The largest absolute Gasteiger partial charge is 0.469 e. The Morgan fingerprint density at radius 3 is 2.82 bits per heavy atom. The van der Waals surface area contributed by atoms with Gasteiger partial charge in [0.15, 0.2) is 0 Å². The first-order valence-electron chi connectivity index (χ1n) is 6.93. The van der Waals surface area contributed by atoms with Gasteiger partial charge in [-0.3, -0.25) is 4.79 Å². The number of fused-ring (bicyclic) bond motifs is 1. The molecule has 0 amide bonds. The first-order valence-corrected chi connectivity index (χ1v) is 6.93. The fourth-order valence-corrected chi connectivity index (χ4v) is 3.56. The Kier molecular flexibility index (Phi) is 3.90. The Hall–Kier alpha value is -0.790. The average Bonchev–Trinajstić information content (AvgIpc) is 2.36. The molecule has 2 nitrogen and oxygen atoms in total. The highest BCUT2D eigenvalue weighted by atomic mass is 16.5. The van der Waals surface area contributed by atoms with Gasteiger partial charge in [-0.15, -0.1) is 0 Å². The Morgan fingerprint density at radius 1 is 1.35 bits per heavy atom. The van der Waals surface area contributed by atoms with Crippen molar-refractivity contribution < 1.29 is 9.53 Å². The van der Waals surface area contributed by atoms with Gasteiger partial charge in [0.1, 0.15) is 0 Å². The first kappa shape index (κ1) is 12.7. The molecule has 0 aromatic heterocycles. The SMILES string of the molecule is COC(=O)C(C)C1CCCC2CCC(C)C=C21. The minimum atomic E-state index is -0.0465. The first-order chi connectivity index (χ1) is 8.13. The molecule has 0 aromatic rings. The molecular formula is C15H24O2. The Morgan fingerprint density at radius 2 is 2.12 bits per heavy atom. The van der Waals surface area contributed by atoms with Crippen molar-refractivity contribution in [2.24, 2.45) is 23.7 Å². The van der Waals surface area contributed by atoms with Crippen LogP contribution in [0.15, 0.2) is 11.6 Å². The zero-order chi connectivity index (χ0) is 12.4. The summed E-state index contributed by atoms with van der Waals surface area (Å²) in [7, 11) is 1.50. The molecule has 2 aliphatic carbocycles. The van der Waals surface area contributed by atoms with Crippen LogP contribution in [0, 0.1) is 23.7 Å². The van der Waals surface area contributed by atoms with Crippen LogP contribution in [0.5, 0.6) is 0 Å². The number of carbonyl (C=O) groups is 1. The highest BCUT2D eigenvalue weighted by molar-refractivity contribution is 5.72. The molecular weight excluding hydrogens is 212 g/mol. The summed E-state index contributed by atoms with van der Waals surface area (Å²) in [6.07, 6.45) is 8.82. The van der Waals surface area contributed by atoms with E-state index in [1.807, 2.05) is 6.92 Å². The van der Waals surface area contributed by atoms with E-state index in [0.717, 1.165) is 12.3 Å². The van der Waals surface area contributed by atoms with E-state index >= 15 is 0 Å². The fourth-order valence-electron chi connectivity index (χ4n) is 3.56. The summed E-state index contributed by atoms with van der Waals surface area (Å²) in [5.74, 6) is 1.85. The second kappa shape index (κ2) is 5.24. The second-order valence-corrected chi connectivity index (χ2v) is 5.77. The highest BCUT2D eigenvalue weighted by Gasteiger charge is 2.36. The van der Waals surface area contributed by atoms with Gasteiger partial charge in [0.2, 0.25) is 0 Å². The lowest BCUT2D eigenvalue weighted by atomic mass is 9.66. The third kappa shape index (κ3) is 2.56. The number of hydrogen-bond donors (Lipinski definition) is 0. The molecule has 2 aliphatic rings. The van der Waals surface area contributed by atoms with Gasteiger partial charge in [-0.1, -0.05) is 31.9 Å². The van der Waals surface area contributed by atoms with Gasteiger partial charge >= 0.3 is 5.97 Å². The maximum atomic E-state index is 11.7. The molecule has 17 heavy (non-hydrogen) atoms. The topological polar surface area (TPSA) is 26.3 Å². The minimum Gasteiger partial charge on any atom is -0.469 e. The van der Waals surface area contributed by atoms with Gasteiger partial charge in [-0.05, 0) is 43.4 Å². The van der Waals surface area contributed by atoms with E-state index in [1.165, 1.54) is 32.8 Å². The van der Waals surface area contributed by atoms with Crippen molar-refractivity contribution in [3.8, 4) is 0 Å². The van der Waals surface area contributed by atoms with Crippen LogP contribution in [-0.2, 0) is 9.53 Å². The molecule has 0 aliphatic heterocycles. The van der Waals surface area contributed by atoms with Crippen LogP contribution in [0.2, 0.25) is 0 Å². The molecule has 2 rings (SSSR count). The van der Waals surface area contributed by atoms with Crippen molar-refractivity contribution in [2.75, 3.05) is 7.11 Å². The van der Waals surface area contributed by atoms with E-state index < -0.39 is 0 Å². The third-order valence-corrected chi connectivity index (χ3v) is 4.59. The number of esters is 1. The maximum absolute atomic E-state index is 11.7. The molecule has 0 heterocycles. The van der Waals surface area contributed by atoms with E-state index in [-0.39, 0.29) is 11.9 Å². The number of allylic oxidation sites excluding steroid dienone is 2. The lowest BCUT2D eigenvalue weighted by Crippen LogP contribution is -2.31. The van der Waals surface area contributed by atoms with Crippen LogP contribution in [-0.4, -0.2) is 13.1 Å². The molecule has 0 N–H and O–H groups in total.